The van der Waals surface area contributed by atoms with Crippen molar-refractivity contribution in [2.24, 2.45) is 5.92 Å². The summed E-state index contributed by atoms with van der Waals surface area (Å²) in [5.74, 6) is -0.294. The molecule has 1 atom stereocenters. The van der Waals surface area contributed by atoms with Gasteiger partial charge in [0.1, 0.15) is 0 Å². The summed E-state index contributed by atoms with van der Waals surface area (Å²) in [7, 11) is 1.72. The molecule has 2 aromatic rings. The maximum absolute atomic E-state index is 12.5. The lowest BCUT2D eigenvalue weighted by Crippen LogP contribution is -2.34. The van der Waals surface area contributed by atoms with Gasteiger partial charge in [-0.3, -0.25) is 14.5 Å². The van der Waals surface area contributed by atoms with Crippen LogP contribution in [0.25, 0.3) is 0 Å². The normalized spacial score (nSPS) is 17.6. The molecule has 1 aromatic heterocycles. The summed E-state index contributed by atoms with van der Waals surface area (Å²) in [5.41, 5.74) is 2.28. The number of rotatable bonds is 4. The number of hydrogen-bond donors (Lipinski definition) is 0. The van der Waals surface area contributed by atoms with E-state index in [-0.39, 0.29) is 24.2 Å². The fraction of sp³-hybridized carbons (Fsp3) is 0.353. The summed E-state index contributed by atoms with van der Waals surface area (Å²) >= 11 is 1.42. The first-order valence-electron chi connectivity index (χ1n) is 7.55. The van der Waals surface area contributed by atoms with Crippen LogP contribution >= 0.6 is 11.3 Å². The SMILES string of the molecule is Cc1ccc(CN2CC(C(=O)N(C)c3nccs3)CC2=O)cc1. The molecule has 2 amide bonds. The van der Waals surface area contributed by atoms with E-state index < -0.39 is 0 Å². The van der Waals surface area contributed by atoms with E-state index in [1.807, 2.05) is 36.6 Å². The zero-order valence-electron chi connectivity index (χ0n) is 13.2. The largest absolute Gasteiger partial charge is 0.338 e. The summed E-state index contributed by atoms with van der Waals surface area (Å²) in [4.78, 5) is 32.2. The van der Waals surface area contributed by atoms with Crippen LogP contribution in [0.3, 0.4) is 0 Å². The second-order valence-corrected chi connectivity index (χ2v) is 6.75. The predicted molar refractivity (Wildman–Crippen MR) is 90.2 cm³/mol. The number of amides is 2. The van der Waals surface area contributed by atoms with Crippen molar-refractivity contribution in [2.45, 2.75) is 19.9 Å². The first-order valence-corrected chi connectivity index (χ1v) is 8.43. The first kappa shape index (κ1) is 15.7. The third-order valence-electron chi connectivity index (χ3n) is 4.09. The maximum Gasteiger partial charge on any atom is 0.233 e. The highest BCUT2D eigenvalue weighted by Gasteiger charge is 2.36. The van der Waals surface area contributed by atoms with Crippen molar-refractivity contribution in [3.05, 3.63) is 47.0 Å². The highest BCUT2D eigenvalue weighted by atomic mass is 32.1. The molecule has 0 aliphatic carbocycles. The lowest BCUT2D eigenvalue weighted by molar-refractivity contribution is -0.128. The molecule has 1 aliphatic rings. The van der Waals surface area contributed by atoms with Crippen LogP contribution in [0.1, 0.15) is 17.5 Å². The molecule has 0 N–H and O–H groups in total. The summed E-state index contributed by atoms with van der Waals surface area (Å²) in [5, 5.41) is 2.50. The highest BCUT2D eigenvalue weighted by Crippen LogP contribution is 2.25. The zero-order valence-corrected chi connectivity index (χ0v) is 14.0. The minimum atomic E-state index is -0.290. The molecule has 1 unspecified atom stereocenters. The van der Waals surface area contributed by atoms with Crippen LogP contribution in [0.5, 0.6) is 0 Å². The second-order valence-electron chi connectivity index (χ2n) is 5.87. The van der Waals surface area contributed by atoms with Crippen molar-refractivity contribution in [3.8, 4) is 0 Å². The van der Waals surface area contributed by atoms with Crippen molar-refractivity contribution < 1.29 is 9.59 Å². The van der Waals surface area contributed by atoms with E-state index in [2.05, 4.69) is 4.98 Å². The number of carbonyl (C=O) groups is 2. The first-order chi connectivity index (χ1) is 11.0. The van der Waals surface area contributed by atoms with Gasteiger partial charge in [-0.2, -0.15) is 0 Å². The molecular formula is C17H19N3O2S. The molecule has 0 spiro atoms. The molecule has 1 fully saturated rings. The Morgan fingerprint density at radius 1 is 1.39 bits per heavy atom. The number of carbonyl (C=O) groups excluding carboxylic acids is 2. The Labute approximate surface area is 139 Å². The molecule has 0 saturated carbocycles. The fourth-order valence-corrected chi connectivity index (χ4v) is 3.37. The monoisotopic (exact) mass is 329 g/mol. The van der Waals surface area contributed by atoms with E-state index in [1.165, 1.54) is 16.9 Å². The third-order valence-corrected chi connectivity index (χ3v) is 4.94. The van der Waals surface area contributed by atoms with Crippen molar-refractivity contribution in [1.29, 1.82) is 0 Å². The third kappa shape index (κ3) is 3.42. The second kappa shape index (κ2) is 6.50. The van der Waals surface area contributed by atoms with E-state index >= 15 is 0 Å². The van der Waals surface area contributed by atoms with Gasteiger partial charge < -0.3 is 4.90 Å². The van der Waals surface area contributed by atoms with Crippen molar-refractivity contribution in [3.63, 3.8) is 0 Å². The van der Waals surface area contributed by atoms with E-state index in [4.69, 9.17) is 0 Å². The van der Waals surface area contributed by atoms with Crippen LogP contribution in [0.2, 0.25) is 0 Å². The fourth-order valence-electron chi connectivity index (χ4n) is 2.75. The molecular weight excluding hydrogens is 310 g/mol. The van der Waals surface area contributed by atoms with Crippen LogP contribution in [0.15, 0.2) is 35.8 Å². The van der Waals surface area contributed by atoms with Gasteiger partial charge >= 0.3 is 0 Å². The Hall–Kier alpha value is -2.21. The van der Waals surface area contributed by atoms with Crippen LogP contribution in [-0.4, -0.2) is 35.3 Å². The highest BCUT2D eigenvalue weighted by molar-refractivity contribution is 7.13. The van der Waals surface area contributed by atoms with Gasteiger partial charge in [0.05, 0.1) is 5.92 Å². The number of thiazole rings is 1. The van der Waals surface area contributed by atoms with Gasteiger partial charge in [-0.1, -0.05) is 29.8 Å². The van der Waals surface area contributed by atoms with Gasteiger partial charge in [-0.25, -0.2) is 4.98 Å². The number of benzene rings is 1. The van der Waals surface area contributed by atoms with Crippen LogP contribution in [0.4, 0.5) is 5.13 Å². The van der Waals surface area contributed by atoms with E-state index in [0.717, 1.165) is 5.56 Å². The van der Waals surface area contributed by atoms with Gasteiger partial charge in [0, 0.05) is 38.1 Å². The molecule has 5 nitrogen and oxygen atoms in total. The predicted octanol–water partition coefficient (Wildman–Crippen LogP) is 2.46. The molecule has 3 rings (SSSR count). The van der Waals surface area contributed by atoms with Gasteiger partial charge in [0.25, 0.3) is 0 Å². The Kier molecular flexibility index (Phi) is 4.43. The summed E-state index contributed by atoms with van der Waals surface area (Å²) in [6.45, 7) is 3.07. The van der Waals surface area contributed by atoms with Crippen LogP contribution in [-0.2, 0) is 16.1 Å². The molecule has 23 heavy (non-hydrogen) atoms. The minimum absolute atomic E-state index is 0.0384. The smallest absolute Gasteiger partial charge is 0.233 e. The maximum atomic E-state index is 12.5. The lowest BCUT2D eigenvalue weighted by Gasteiger charge is -2.19. The van der Waals surface area contributed by atoms with Gasteiger partial charge in [0.15, 0.2) is 5.13 Å². The average Bonchev–Trinajstić information content (AvgIpc) is 3.19. The lowest BCUT2D eigenvalue weighted by atomic mass is 10.1. The standard InChI is InChI=1S/C17H19N3O2S/c1-12-3-5-13(6-4-12)10-20-11-14(9-15(20)21)16(22)19(2)17-18-7-8-23-17/h3-8,14H,9-11H2,1-2H3. The molecule has 6 heteroatoms. The van der Waals surface area contributed by atoms with Crippen molar-refractivity contribution in [1.82, 2.24) is 9.88 Å². The Balaban J connectivity index is 1.65. The Bertz CT molecular complexity index is 697. The van der Waals surface area contributed by atoms with Gasteiger partial charge in [0.2, 0.25) is 11.8 Å². The summed E-state index contributed by atoms with van der Waals surface area (Å²) < 4.78 is 0. The summed E-state index contributed by atoms with van der Waals surface area (Å²) in [6.07, 6.45) is 1.95. The number of nitrogens with zero attached hydrogens (tertiary/aromatic N) is 3. The molecule has 1 saturated heterocycles. The van der Waals surface area contributed by atoms with Crippen LogP contribution in [0, 0.1) is 12.8 Å². The number of likely N-dealkylation sites (tertiary alicyclic amines) is 1. The molecule has 1 aromatic carbocycles. The minimum Gasteiger partial charge on any atom is -0.338 e. The van der Waals surface area contributed by atoms with Gasteiger partial charge in [-0.15, -0.1) is 11.3 Å². The molecule has 0 bridgehead atoms. The zero-order chi connectivity index (χ0) is 16.4. The van der Waals surface area contributed by atoms with Crippen molar-refractivity contribution >= 4 is 28.3 Å². The number of aromatic nitrogens is 1. The molecule has 120 valence electrons. The summed E-state index contributed by atoms with van der Waals surface area (Å²) in [6, 6.07) is 8.13. The van der Waals surface area contributed by atoms with Crippen LogP contribution < -0.4 is 4.90 Å². The Morgan fingerprint density at radius 2 is 2.13 bits per heavy atom. The topological polar surface area (TPSA) is 53.5 Å². The number of hydrogen-bond acceptors (Lipinski definition) is 4. The molecule has 0 radical (unpaired) electrons. The number of anilines is 1. The average molecular weight is 329 g/mol. The van der Waals surface area contributed by atoms with E-state index in [1.54, 1.807) is 23.0 Å². The quantitative estimate of drug-likeness (QED) is 0.866. The number of aryl methyl sites for hydroxylation is 1. The molecule has 1 aliphatic heterocycles. The Morgan fingerprint density at radius 3 is 2.78 bits per heavy atom. The van der Waals surface area contributed by atoms with Crippen molar-refractivity contribution in [2.75, 3.05) is 18.5 Å². The van der Waals surface area contributed by atoms with E-state index in [0.29, 0.717) is 18.2 Å². The van der Waals surface area contributed by atoms with Gasteiger partial charge in [-0.05, 0) is 12.5 Å². The van der Waals surface area contributed by atoms with E-state index in [9.17, 15) is 9.59 Å². The molecule has 2 heterocycles.